The lowest BCUT2D eigenvalue weighted by Crippen LogP contribution is -2.22. The minimum Gasteiger partial charge on any atom is -0.360 e. The van der Waals surface area contributed by atoms with Crippen LogP contribution in [-0.2, 0) is 11.5 Å². The third-order valence-corrected chi connectivity index (χ3v) is 4.49. The van der Waals surface area contributed by atoms with Crippen molar-refractivity contribution in [3.63, 3.8) is 0 Å². The summed E-state index contributed by atoms with van der Waals surface area (Å²) in [5.74, 6) is 0. The van der Waals surface area contributed by atoms with Gasteiger partial charge in [-0.25, -0.2) is 13.5 Å². The van der Waals surface area contributed by atoms with Gasteiger partial charge in [-0.05, 0) is 22.0 Å². The van der Waals surface area contributed by atoms with E-state index in [9.17, 15) is 8.78 Å². The maximum absolute atomic E-state index is 12.4. The van der Waals surface area contributed by atoms with Crippen LogP contribution < -0.4 is 0 Å². The van der Waals surface area contributed by atoms with Crippen molar-refractivity contribution < 1.29 is 13.5 Å². The molecule has 0 aliphatic rings. The van der Waals surface area contributed by atoms with E-state index in [1.165, 1.54) is 10.9 Å². The van der Waals surface area contributed by atoms with Crippen LogP contribution in [0.15, 0.2) is 10.7 Å². The Morgan fingerprint density at radius 2 is 2.12 bits per heavy atom. The number of ether oxygens (including phenoxy) is 1. The van der Waals surface area contributed by atoms with Gasteiger partial charge in [0.2, 0.25) is 0 Å². The standard InChI is InChI=1S/C10H17BrF2N2OSi/c1-17(2,3)5-4-16-7-15-6-8(11)9(14-15)10(12)13/h6,10H,4-5,7H2,1-3H3. The molecule has 1 aromatic heterocycles. The summed E-state index contributed by atoms with van der Waals surface area (Å²) >= 11 is 3.05. The number of alkyl halides is 2. The number of aromatic nitrogens is 2. The minimum atomic E-state index is -2.56. The number of hydrogen-bond donors (Lipinski definition) is 0. The fourth-order valence-corrected chi connectivity index (χ4v) is 2.41. The van der Waals surface area contributed by atoms with Crippen LogP contribution in [0.3, 0.4) is 0 Å². The number of hydrogen-bond acceptors (Lipinski definition) is 2. The Morgan fingerprint density at radius 1 is 1.47 bits per heavy atom. The minimum absolute atomic E-state index is 0.218. The molecule has 1 aromatic rings. The van der Waals surface area contributed by atoms with E-state index in [0.717, 1.165) is 6.04 Å². The van der Waals surface area contributed by atoms with Gasteiger partial charge in [0, 0.05) is 20.9 Å². The predicted octanol–water partition coefficient (Wildman–Crippen LogP) is 3.90. The van der Waals surface area contributed by atoms with Crippen LogP contribution in [-0.4, -0.2) is 24.5 Å². The van der Waals surface area contributed by atoms with Crippen LogP contribution in [0, 0.1) is 0 Å². The molecular formula is C10H17BrF2N2OSi. The van der Waals surface area contributed by atoms with Crippen molar-refractivity contribution in [1.29, 1.82) is 0 Å². The fourth-order valence-electron chi connectivity index (χ4n) is 1.16. The van der Waals surface area contributed by atoms with Crippen molar-refractivity contribution in [3.05, 3.63) is 16.4 Å². The van der Waals surface area contributed by atoms with Crippen molar-refractivity contribution in [2.75, 3.05) is 6.61 Å². The first kappa shape index (κ1) is 14.8. The van der Waals surface area contributed by atoms with Gasteiger partial charge < -0.3 is 4.74 Å². The Balaban J connectivity index is 2.40. The molecule has 17 heavy (non-hydrogen) atoms. The summed E-state index contributed by atoms with van der Waals surface area (Å²) in [6, 6.07) is 1.05. The van der Waals surface area contributed by atoms with E-state index in [1.807, 2.05) is 0 Å². The first-order valence-electron chi connectivity index (χ1n) is 5.38. The van der Waals surface area contributed by atoms with Crippen LogP contribution in [0.25, 0.3) is 0 Å². The van der Waals surface area contributed by atoms with E-state index in [1.54, 1.807) is 0 Å². The number of nitrogens with zero attached hydrogens (tertiary/aromatic N) is 2. The van der Waals surface area contributed by atoms with Crippen LogP contribution in [0.5, 0.6) is 0 Å². The monoisotopic (exact) mass is 326 g/mol. The largest absolute Gasteiger partial charge is 0.360 e. The molecule has 0 spiro atoms. The molecule has 0 unspecified atom stereocenters. The quantitative estimate of drug-likeness (QED) is 0.585. The molecule has 0 atom stereocenters. The van der Waals surface area contributed by atoms with E-state index >= 15 is 0 Å². The summed E-state index contributed by atoms with van der Waals surface area (Å²) in [5.41, 5.74) is -0.237. The van der Waals surface area contributed by atoms with Gasteiger partial charge in [-0.1, -0.05) is 19.6 Å². The maximum Gasteiger partial charge on any atom is 0.283 e. The predicted molar refractivity (Wildman–Crippen MR) is 69.0 cm³/mol. The van der Waals surface area contributed by atoms with Gasteiger partial charge in [-0.15, -0.1) is 0 Å². The highest BCUT2D eigenvalue weighted by molar-refractivity contribution is 9.10. The molecule has 0 aliphatic heterocycles. The average Bonchev–Trinajstić information content (AvgIpc) is 2.53. The zero-order valence-corrected chi connectivity index (χ0v) is 12.8. The normalized spacial score (nSPS) is 12.4. The zero-order valence-electron chi connectivity index (χ0n) is 10.2. The second-order valence-corrected chi connectivity index (χ2v) is 11.5. The van der Waals surface area contributed by atoms with Crippen molar-refractivity contribution in [3.8, 4) is 0 Å². The van der Waals surface area contributed by atoms with Gasteiger partial charge >= 0.3 is 0 Å². The van der Waals surface area contributed by atoms with Crippen LogP contribution >= 0.6 is 15.9 Å². The highest BCUT2D eigenvalue weighted by Crippen LogP contribution is 2.25. The summed E-state index contributed by atoms with van der Waals surface area (Å²) in [5, 5.41) is 3.75. The smallest absolute Gasteiger partial charge is 0.283 e. The molecule has 0 saturated carbocycles. The van der Waals surface area contributed by atoms with Crippen LogP contribution in [0.2, 0.25) is 25.7 Å². The Bertz CT molecular complexity index is 366. The Labute approximate surface area is 109 Å². The van der Waals surface area contributed by atoms with E-state index in [-0.39, 0.29) is 12.4 Å². The Morgan fingerprint density at radius 3 is 2.59 bits per heavy atom. The van der Waals surface area contributed by atoms with Crippen molar-refractivity contribution in [1.82, 2.24) is 9.78 Å². The lowest BCUT2D eigenvalue weighted by molar-refractivity contribution is 0.0760. The first-order valence-corrected chi connectivity index (χ1v) is 9.88. The molecule has 0 bridgehead atoms. The third kappa shape index (κ3) is 5.26. The van der Waals surface area contributed by atoms with Gasteiger partial charge in [0.1, 0.15) is 12.4 Å². The summed E-state index contributed by atoms with van der Waals surface area (Å²) in [4.78, 5) is 0. The van der Waals surface area contributed by atoms with Gasteiger partial charge in [0.25, 0.3) is 6.43 Å². The molecule has 0 N–H and O–H groups in total. The van der Waals surface area contributed by atoms with Crippen molar-refractivity contribution in [2.24, 2.45) is 0 Å². The molecule has 0 radical (unpaired) electrons. The molecule has 98 valence electrons. The molecular weight excluding hydrogens is 310 g/mol. The van der Waals surface area contributed by atoms with Gasteiger partial charge in [0.15, 0.2) is 0 Å². The van der Waals surface area contributed by atoms with Crippen LogP contribution in [0.4, 0.5) is 8.78 Å². The van der Waals surface area contributed by atoms with E-state index in [2.05, 4.69) is 40.7 Å². The van der Waals surface area contributed by atoms with E-state index < -0.39 is 14.5 Å². The molecule has 7 heteroatoms. The Hall–Kier alpha value is -0.273. The summed E-state index contributed by atoms with van der Waals surface area (Å²) in [6.45, 7) is 7.65. The summed E-state index contributed by atoms with van der Waals surface area (Å²) < 4.78 is 32.0. The summed E-state index contributed by atoms with van der Waals surface area (Å²) in [6.07, 6.45) is -1.05. The highest BCUT2D eigenvalue weighted by Gasteiger charge is 2.16. The molecule has 1 rings (SSSR count). The highest BCUT2D eigenvalue weighted by atomic mass is 79.9. The van der Waals surface area contributed by atoms with Crippen LogP contribution in [0.1, 0.15) is 12.1 Å². The molecule has 1 heterocycles. The molecule has 0 saturated heterocycles. The number of rotatable bonds is 6. The molecule has 0 fully saturated rings. The van der Waals surface area contributed by atoms with Crippen molar-refractivity contribution >= 4 is 24.0 Å². The Kier molecular flexibility index (Phi) is 5.27. The zero-order chi connectivity index (χ0) is 13.1. The third-order valence-electron chi connectivity index (χ3n) is 2.17. The maximum atomic E-state index is 12.4. The lowest BCUT2D eigenvalue weighted by atomic mass is 10.5. The number of halogens is 3. The second-order valence-electron chi connectivity index (χ2n) is 5.05. The topological polar surface area (TPSA) is 27.1 Å². The molecule has 0 amide bonds. The summed E-state index contributed by atoms with van der Waals surface area (Å²) in [7, 11) is -1.10. The van der Waals surface area contributed by atoms with Gasteiger partial charge in [-0.3, -0.25) is 0 Å². The second kappa shape index (κ2) is 6.06. The molecule has 0 aliphatic carbocycles. The van der Waals surface area contributed by atoms with Gasteiger partial charge in [-0.2, -0.15) is 5.10 Å². The lowest BCUT2D eigenvalue weighted by Gasteiger charge is -2.15. The molecule has 0 aromatic carbocycles. The SMILES string of the molecule is C[Si](C)(C)CCOCn1cc(Br)c(C(F)F)n1. The van der Waals surface area contributed by atoms with Gasteiger partial charge in [0.05, 0.1) is 4.47 Å². The first-order chi connectivity index (χ1) is 7.79. The molecule has 3 nitrogen and oxygen atoms in total. The van der Waals surface area contributed by atoms with E-state index in [0.29, 0.717) is 11.1 Å². The fraction of sp³-hybridized carbons (Fsp3) is 0.700. The van der Waals surface area contributed by atoms with Crippen molar-refractivity contribution in [2.45, 2.75) is 38.8 Å². The average molecular weight is 327 g/mol. The van der Waals surface area contributed by atoms with E-state index in [4.69, 9.17) is 4.74 Å².